The van der Waals surface area contributed by atoms with Crippen LogP contribution in [0.25, 0.3) is 4.96 Å². The zero-order valence-electron chi connectivity index (χ0n) is 14.5. The molecule has 1 amide bonds. The molecule has 0 unspecified atom stereocenters. The van der Waals surface area contributed by atoms with Crippen LogP contribution in [0.5, 0.6) is 0 Å². The van der Waals surface area contributed by atoms with Gasteiger partial charge in [0.25, 0.3) is 5.56 Å². The Hall–Kier alpha value is -2.19. The number of fused-ring (bicyclic) bond motifs is 1. The molecule has 4 rings (SSSR count). The zero-order valence-corrected chi connectivity index (χ0v) is 16.1. The lowest BCUT2D eigenvalue weighted by Gasteiger charge is -2.22. The number of benzene rings is 1. The molecule has 1 aliphatic rings. The van der Waals surface area contributed by atoms with Crippen LogP contribution in [-0.4, -0.2) is 32.0 Å². The second-order valence-corrected chi connectivity index (χ2v) is 8.34. The highest BCUT2D eigenvalue weighted by Crippen LogP contribution is 2.29. The molecular formula is C19H18FN3O2S2. The normalized spacial score (nSPS) is 13.8. The Morgan fingerprint density at radius 1 is 1.37 bits per heavy atom. The first-order chi connectivity index (χ1) is 13.1. The highest BCUT2D eigenvalue weighted by molar-refractivity contribution is 7.99. The molecule has 1 aliphatic carbocycles. The summed E-state index contributed by atoms with van der Waals surface area (Å²) in [5.41, 5.74) is 1.11. The SMILES string of the molecule is O=C(CSCc1cc(=O)n2ccsc2n1)N(Cc1ccccc1F)C1CC1. The van der Waals surface area contributed by atoms with Crippen LogP contribution in [0.1, 0.15) is 24.1 Å². The maximum atomic E-state index is 13.9. The van der Waals surface area contributed by atoms with Gasteiger partial charge in [0.1, 0.15) is 5.82 Å². The van der Waals surface area contributed by atoms with Crippen molar-refractivity contribution in [1.29, 1.82) is 0 Å². The van der Waals surface area contributed by atoms with Gasteiger partial charge in [-0.15, -0.1) is 23.1 Å². The van der Waals surface area contributed by atoms with Crippen molar-refractivity contribution in [3.63, 3.8) is 0 Å². The summed E-state index contributed by atoms with van der Waals surface area (Å²) in [5.74, 6) is 0.501. The summed E-state index contributed by atoms with van der Waals surface area (Å²) in [4.78, 5) is 31.6. The molecule has 140 valence electrons. The van der Waals surface area contributed by atoms with Crippen LogP contribution in [0.3, 0.4) is 0 Å². The third-order valence-corrected chi connectivity index (χ3v) is 6.15. The average Bonchev–Trinajstić information content (AvgIpc) is 3.37. The summed E-state index contributed by atoms with van der Waals surface area (Å²) >= 11 is 2.84. The summed E-state index contributed by atoms with van der Waals surface area (Å²) in [5, 5.41) is 1.82. The molecule has 2 heterocycles. The molecule has 1 saturated carbocycles. The number of nitrogens with zero attached hydrogens (tertiary/aromatic N) is 3. The van der Waals surface area contributed by atoms with Crippen molar-refractivity contribution in [2.24, 2.45) is 0 Å². The molecule has 0 bridgehead atoms. The van der Waals surface area contributed by atoms with Crippen LogP contribution in [0.4, 0.5) is 4.39 Å². The minimum Gasteiger partial charge on any atom is -0.335 e. The molecule has 0 radical (unpaired) electrons. The number of amides is 1. The predicted molar refractivity (Wildman–Crippen MR) is 105 cm³/mol. The van der Waals surface area contributed by atoms with Crippen molar-refractivity contribution in [3.8, 4) is 0 Å². The smallest absolute Gasteiger partial charge is 0.258 e. The molecule has 2 aromatic heterocycles. The molecule has 0 atom stereocenters. The fourth-order valence-electron chi connectivity index (χ4n) is 2.90. The van der Waals surface area contributed by atoms with E-state index in [0.29, 0.717) is 28.5 Å². The van der Waals surface area contributed by atoms with Crippen molar-refractivity contribution < 1.29 is 9.18 Å². The third kappa shape index (κ3) is 4.22. The van der Waals surface area contributed by atoms with Gasteiger partial charge in [0.05, 0.1) is 11.4 Å². The molecule has 0 saturated heterocycles. The molecule has 27 heavy (non-hydrogen) atoms. The molecule has 3 aromatic rings. The third-order valence-electron chi connectivity index (χ3n) is 4.44. The fourth-order valence-corrected chi connectivity index (χ4v) is 4.44. The van der Waals surface area contributed by atoms with E-state index in [-0.39, 0.29) is 29.1 Å². The lowest BCUT2D eigenvalue weighted by atomic mass is 10.2. The summed E-state index contributed by atoms with van der Waals surface area (Å²) in [6, 6.07) is 8.30. The Bertz CT molecular complexity index is 1030. The van der Waals surface area contributed by atoms with Gasteiger partial charge in [-0.3, -0.25) is 14.0 Å². The highest BCUT2D eigenvalue weighted by Gasteiger charge is 2.32. The van der Waals surface area contributed by atoms with Crippen molar-refractivity contribution in [2.75, 3.05) is 5.75 Å². The molecule has 0 aliphatic heterocycles. The second-order valence-electron chi connectivity index (χ2n) is 6.48. The lowest BCUT2D eigenvalue weighted by molar-refractivity contribution is -0.129. The van der Waals surface area contributed by atoms with Crippen molar-refractivity contribution in [3.05, 3.63) is 69.3 Å². The monoisotopic (exact) mass is 403 g/mol. The fraction of sp³-hybridized carbons (Fsp3) is 0.316. The van der Waals surface area contributed by atoms with E-state index in [2.05, 4.69) is 4.98 Å². The maximum absolute atomic E-state index is 13.9. The van der Waals surface area contributed by atoms with Crippen LogP contribution in [0.15, 0.2) is 46.7 Å². The number of carbonyl (C=O) groups is 1. The highest BCUT2D eigenvalue weighted by atomic mass is 32.2. The van der Waals surface area contributed by atoms with Crippen LogP contribution in [0, 0.1) is 5.82 Å². The minimum atomic E-state index is -0.280. The number of halogens is 1. The predicted octanol–water partition coefficient (Wildman–Crippen LogP) is 3.32. The van der Waals surface area contributed by atoms with Gasteiger partial charge < -0.3 is 4.90 Å². The van der Waals surface area contributed by atoms with E-state index in [1.54, 1.807) is 29.3 Å². The molecule has 5 nitrogen and oxygen atoms in total. The summed E-state index contributed by atoms with van der Waals surface area (Å²) in [6.45, 7) is 0.303. The summed E-state index contributed by atoms with van der Waals surface area (Å²) < 4.78 is 15.4. The van der Waals surface area contributed by atoms with E-state index in [1.807, 2.05) is 5.38 Å². The Morgan fingerprint density at radius 3 is 2.96 bits per heavy atom. The van der Waals surface area contributed by atoms with Gasteiger partial charge in [0.2, 0.25) is 5.91 Å². The Labute approximate surface area is 163 Å². The second kappa shape index (κ2) is 7.82. The van der Waals surface area contributed by atoms with Crippen molar-refractivity contribution >= 4 is 34.0 Å². The molecular weight excluding hydrogens is 385 g/mol. The van der Waals surface area contributed by atoms with Gasteiger partial charge in [-0.05, 0) is 18.9 Å². The van der Waals surface area contributed by atoms with Crippen LogP contribution < -0.4 is 5.56 Å². The van der Waals surface area contributed by atoms with Crippen LogP contribution in [0.2, 0.25) is 0 Å². The van der Waals surface area contributed by atoms with Gasteiger partial charge in [-0.1, -0.05) is 18.2 Å². The number of aromatic nitrogens is 2. The van der Waals surface area contributed by atoms with E-state index >= 15 is 0 Å². The van der Waals surface area contributed by atoms with Crippen molar-refractivity contribution in [1.82, 2.24) is 14.3 Å². The maximum Gasteiger partial charge on any atom is 0.258 e. The zero-order chi connectivity index (χ0) is 18.8. The number of thioether (sulfide) groups is 1. The largest absolute Gasteiger partial charge is 0.335 e. The first-order valence-corrected chi connectivity index (χ1v) is 10.7. The van der Waals surface area contributed by atoms with Gasteiger partial charge in [-0.2, -0.15) is 0 Å². The molecule has 0 N–H and O–H groups in total. The number of rotatable bonds is 7. The topological polar surface area (TPSA) is 54.7 Å². The Kier molecular flexibility index (Phi) is 5.27. The van der Waals surface area contributed by atoms with E-state index in [0.717, 1.165) is 12.8 Å². The molecule has 8 heteroatoms. The van der Waals surface area contributed by atoms with Crippen LogP contribution in [-0.2, 0) is 17.1 Å². The summed E-state index contributed by atoms with van der Waals surface area (Å²) in [7, 11) is 0. The average molecular weight is 404 g/mol. The Balaban J connectivity index is 1.38. The molecule has 1 fully saturated rings. The van der Waals surface area contributed by atoms with E-state index in [9.17, 15) is 14.0 Å². The number of carbonyl (C=O) groups excluding carboxylic acids is 1. The van der Waals surface area contributed by atoms with Gasteiger partial charge in [-0.25, -0.2) is 9.37 Å². The lowest BCUT2D eigenvalue weighted by Crippen LogP contribution is -2.34. The van der Waals surface area contributed by atoms with Gasteiger partial charge >= 0.3 is 0 Å². The first kappa shape index (κ1) is 18.2. The number of hydrogen-bond donors (Lipinski definition) is 0. The first-order valence-electron chi connectivity index (χ1n) is 8.68. The van der Waals surface area contributed by atoms with Crippen molar-refractivity contribution in [2.45, 2.75) is 31.2 Å². The molecule has 1 aromatic carbocycles. The van der Waals surface area contributed by atoms with E-state index in [1.165, 1.54) is 39.6 Å². The van der Waals surface area contributed by atoms with Crippen LogP contribution >= 0.6 is 23.1 Å². The summed E-state index contributed by atoms with van der Waals surface area (Å²) in [6.07, 6.45) is 3.64. The Morgan fingerprint density at radius 2 is 2.19 bits per heavy atom. The van der Waals surface area contributed by atoms with E-state index in [4.69, 9.17) is 0 Å². The van der Waals surface area contributed by atoms with E-state index < -0.39 is 0 Å². The number of hydrogen-bond acceptors (Lipinski definition) is 5. The number of thiazole rings is 1. The standard InChI is InChI=1S/C19H18FN3O2S2/c20-16-4-2-1-3-13(16)10-23(15-5-6-15)18(25)12-26-11-14-9-17(24)22-7-8-27-19(22)21-14/h1-4,7-9,15H,5-6,10-12H2. The quantitative estimate of drug-likeness (QED) is 0.607. The van der Waals surface area contributed by atoms with Gasteiger partial charge in [0, 0.05) is 41.5 Å². The minimum absolute atomic E-state index is 0.000299. The van der Waals surface area contributed by atoms with Gasteiger partial charge in [0.15, 0.2) is 4.96 Å². The molecule has 0 spiro atoms.